The fraction of sp³-hybridized carbons (Fsp3) is 0.391. The molecule has 2 aromatic carbocycles. The molecule has 1 nitrogen and oxygen atoms in total. The molecule has 0 aliphatic heterocycles. The van der Waals surface area contributed by atoms with Crippen LogP contribution >= 0.6 is 11.8 Å². The number of allylic oxidation sites excluding steroid dienone is 1. The Kier molecular flexibility index (Phi) is 8.75. The van der Waals surface area contributed by atoms with Gasteiger partial charge in [0.25, 0.3) is 0 Å². The van der Waals surface area contributed by atoms with E-state index in [1.807, 2.05) is 11.8 Å². The van der Waals surface area contributed by atoms with Gasteiger partial charge >= 0.3 is 178 Å². The molecule has 0 unspecified atom stereocenters. The summed E-state index contributed by atoms with van der Waals surface area (Å²) < 4.78 is 8.14. The molecular formula is C23H32OSSeSi. The first-order valence-electron chi connectivity index (χ1n) is 9.52. The van der Waals surface area contributed by atoms with Crippen LogP contribution in [-0.4, -0.2) is 29.0 Å². The molecule has 0 aliphatic rings. The summed E-state index contributed by atoms with van der Waals surface area (Å²) in [6, 6.07) is 21.4. The topological polar surface area (TPSA) is 9.23 Å². The molecule has 146 valence electrons. The van der Waals surface area contributed by atoms with Crippen molar-refractivity contribution < 1.29 is 4.43 Å². The number of benzene rings is 2. The number of hydrogen-bond acceptors (Lipinski definition) is 2. The van der Waals surface area contributed by atoms with Gasteiger partial charge in [-0.05, 0) is 0 Å². The van der Waals surface area contributed by atoms with Gasteiger partial charge in [0.05, 0.1) is 0 Å². The summed E-state index contributed by atoms with van der Waals surface area (Å²) in [5, 5.41) is 1.41. The fourth-order valence-corrected chi connectivity index (χ4v) is 6.03. The van der Waals surface area contributed by atoms with Gasteiger partial charge in [-0.15, -0.1) is 0 Å². The van der Waals surface area contributed by atoms with Crippen LogP contribution < -0.4 is 4.46 Å². The summed E-state index contributed by atoms with van der Waals surface area (Å²) in [6.45, 7) is 11.6. The molecule has 0 saturated heterocycles. The summed E-state index contributed by atoms with van der Waals surface area (Å²) in [5.74, 6) is 2.16. The zero-order valence-electron chi connectivity index (χ0n) is 17.2. The van der Waals surface area contributed by atoms with E-state index >= 15 is 0 Å². The summed E-state index contributed by atoms with van der Waals surface area (Å²) >= 11 is 2.38. The molecule has 2 rings (SSSR count). The van der Waals surface area contributed by atoms with Crippen molar-refractivity contribution in [3.05, 3.63) is 72.5 Å². The summed E-state index contributed by atoms with van der Waals surface area (Å²) in [7, 11) is -1.80. The van der Waals surface area contributed by atoms with Gasteiger partial charge in [0, 0.05) is 0 Å². The van der Waals surface area contributed by atoms with Crippen molar-refractivity contribution in [2.24, 2.45) is 0 Å². The van der Waals surface area contributed by atoms with E-state index in [2.05, 4.69) is 101 Å². The predicted molar refractivity (Wildman–Crippen MR) is 125 cm³/mol. The molecule has 0 aliphatic carbocycles. The van der Waals surface area contributed by atoms with E-state index in [-0.39, 0.29) is 5.04 Å². The minimum absolute atomic E-state index is 0.225. The van der Waals surface area contributed by atoms with E-state index in [1.54, 1.807) is 0 Å². The standard InChI is InChI=1S/C23H32OSSeSi/c1-23(2,3)27(4,5)24-20(16-18-25-21-12-8-6-9-13-21)17-19-26-22-14-10-7-11-15-22/h6-16H,17-19H2,1-5H3/b20-16+. The van der Waals surface area contributed by atoms with Gasteiger partial charge in [0.15, 0.2) is 0 Å². The third-order valence-electron chi connectivity index (χ3n) is 4.86. The second kappa shape index (κ2) is 10.6. The molecule has 0 radical (unpaired) electrons. The van der Waals surface area contributed by atoms with Crippen molar-refractivity contribution in [3.63, 3.8) is 0 Å². The van der Waals surface area contributed by atoms with Crippen molar-refractivity contribution in [1.29, 1.82) is 0 Å². The molecule has 27 heavy (non-hydrogen) atoms. The third kappa shape index (κ3) is 7.91. The molecule has 0 atom stereocenters. The van der Waals surface area contributed by atoms with Gasteiger partial charge in [0.1, 0.15) is 0 Å². The van der Waals surface area contributed by atoms with Crippen LogP contribution in [0.3, 0.4) is 0 Å². The molecule has 0 fully saturated rings. The molecule has 0 saturated carbocycles. The average Bonchev–Trinajstić information content (AvgIpc) is 2.62. The molecule has 2 aromatic rings. The van der Waals surface area contributed by atoms with Gasteiger partial charge in [-0.2, -0.15) is 0 Å². The first kappa shape index (κ1) is 22.4. The van der Waals surface area contributed by atoms with Crippen molar-refractivity contribution in [2.45, 2.75) is 55.5 Å². The van der Waals surface area contributed by atoms with Crippen LogP contribution in [0.4, 0.5) is 0 Å². The third-order valence-corrected chi connectivity index (χ3v) is 12.3. The number of hydrogen-bond donors (Lipinski definition) is 0. The molecule has 0 heterocycles. The Morgan fingerprint density at radius 3 is 2.19 bits per heavy atom. The van der Waals surface area contributed by atoms with Crippen LogP contribution in [-0.2, 0) is 4.43 Å². The van der Waals surface area contributed by atoms with Crippen molar-refractivity contribution in [2.75, 3.05) is 5.75 Å². The van der Waals surface area contributed by atoms with E-state index in [1.165, 1.54) is 20.4 Å². The molecule has 0 N–H and O–H groups in total. The van der Waals surface area contributed by atoms with Gasteiger partial charge in [0.2, 0.25) is 0 Å². The molecule has 0 aromatic heterocycles. The Morgan fingerprint density at radius 1 is 1.00 bits per heavy atom. The Labute approximate surface area is 177 Å². The Hall–Kier alpha value is -0.934. The van der Waals surface area contributed by atoms with Crippen LogP contribution in [0, 0.1) is 0 Å². The zero-order chi connectivity index (χ0) is 19.8. The summed E-state index contributed by atoms with van der Waals surface area (Å²) in [6.07, 6.45) is 3.36. The van der Waals surface area contributed by atoms with Gasteiger partial charge in [-0.3, -0.25) is 0 Å². The van der Waals surface area contributed by atoms with Gasteiger partial charge in [-0.25, -0.2) is 0 Å². The van der Waals surface area contributed by atoms with Gasteiger partial charge < -0.3 is 0 Å². The summed E-state index contributed by atoms with van der Waals surface area (Å²) in [5.41, 5.74) is 0. The maximum absolute atomic E-state index is 6.67. The quantitative estimate of drug-likeness (QED) is 0.238. The molecule has 0 bridgehead atoms. The fourth-order valence-electron chi connectivity index (χ4n) is 2.21. The molecule has 0 spiro atoms. The number of thioether (sulfide) groups is 1. The average molecular weight is 464 g/mol. The number of rotatable bonds is 9. The van der Waals surface area contributed by atoms with E-state index in [0.29, 0.717) is 15.0 Å². The Morgan fingerprint density at radius 2 is 1.59 bits per heavy atom. The van der Waals surface area contributed by atoms with E-state index in [4.69, 9.17) is 4.43 Å². The zero-order valence-corrected chi connectivity index (χ0v) is 20.7. The second-order valence-corrected chi connectivity index (χ2v) is 16.3. The summed E-state index contributed by atoms with van der Waals surface area (Å²) in [4.78, 5) is 1.31. The van der Waals surface area contributed by atoms with Crippen LogP contribution in [0.15, 0.2) is 77.4 Å². The maximum atomic E-state index is 6.67. The first-order chi connectivity index (χ1) is 12.8. The normalized spacial score (nSPS) is 12.9. The Bertz CT molecular complexity index is 708. The van der Waals surface area contributed by atoms with Crippen molar-refractivity contribution >= 4 is 39.5 Å². The van der Waals surface area contributed by atoms with Crippen LogP contribution in [0.2, 0.25) is 23.5 Å². The SMILES string of the molecule is CC(C)(C)[Si](C)(C)O/C(=C/CSc1ccccc1)CC[Se]c1ccccc1. The van der Waals surface area contributed by atoms with E-state index < -0.39 is 8.32 Å². The van der Waals surface area contributed by atoms with Crippen molar-refractivity contribution in [1.82, 2.24) is 0 Å². The van der Waals surface area contributed by atoms with Gasteiger partial charge in [-0.1, -0.05) is 0 Å². The molecule has 4 heteroatoms. The van der Waals surface area contributed by atoms with Crippen LogP contribution in [0.1, 0.15) is 27.2 Å². The minimum atomic E-state index is -1.80. The Balaban J connectivity index is 1.99. The van der Waals surface area contributed by atoms with E-state index in [0.717, 1.165) is 12.2 Å². The monoisotopic (exact) mass is 464 g/mol. The molecule has 0 amide bonds. The van der Waals surface area contributed by atoms with E-state index in [9.17, 15) is 0 Å². The van der Waals surface area contributed by atoms with Crippen LogP contribution in [0.25, 0.3) is 0 Å². The molecular weight excluding hydrogens is 431 g/mol. The first-order valence-corrected chi connectivity index (χ1v) is 15.5. The second-order valence-electron chi connectivity index (χ2n) is 8.07. The van der Waals surface area contributed by atoms with Crippen molar-refractivity contribution in [3.8, 4) is 0 Å². The van der Waals surface area contributed by atoms with Crippen LogP contribution in [0.5, 0.6) is 0 Å². The predicted octanol–water partition coefficient (Wildman–Crippen LogP) is 6.52.